The average molecular weight is 385 g/mol. The van der Waals surface area contributed by atoms with Crippen molar-refractivity contribution in [2.24, 2.45) is 5.92 Å². The molecule has 3 aromatic rings. The fourth-order valence-corrected chi connectivity index (χ4v) is 3.33. The highest BCUT2D eigenvalue weighted by Crippen LogP contribution is 2.31. The summed E-state index contributed by atoms with van der Waals surface area (Å²) in [6.07, 6.45) is -0.195. The Morgan fingerprint density at radius 1 is 1.33 bits per heavy atom. The molecule has 6 nitrogen and oxygen atoms in total. The summed E-state index contributed by atoms with van der Waals surface area (Å²) >= 11 is 6.02. The van der Waals surface area contributed by atoms with Crippen LogP contribution in [-0.2, 0) is 16.0 Å². The third-order valence-electron chi connectivity index (χ3n) is 4.57. The van der Waals surface area contributed by atoms with Crippen molar-refractivity contribution in [3.63, 3.8) is 0 Å². The maximum atomic E-state index is 12.6. The number of carbonyl (C=O) groups is 1. The van der Waals surface area contributed by atoms with Gasteiger partial charge in [-0.05, 0) is 49.2 Å². The minimum atomic E-state index is -0.685. The summed E-state index contributed by atoms with van der Waals surface area (Å²) < 4.78 is 11.2. The number of ether oxygens (including phenoxy) is 2. The van der Waals surface area contributed by atoms with E-state index < -0.39 is 18.0 Å². The molecule has 0 bridgehead atoms. The molecular weight excluding hydrogens is 368 g/mol. The van der Waals surface area contributed by atoms with Gasteiger partial charge in [-0.2, -0.15) is 0 Å². The molecule has 27 heavy (non-hydrogen) atoms. The number of nitrogens with one attached hydrogen (secondary N) is 1. The molecule has 1 aliphatic heterocycles. The topological polar surface area (TPSA) is 81.3 Å². The first-order valence-electron chi connectivity index (χ1n) is 8.62. The average Bonchev–Trinajstić information content (AvgIpc) is 2.67. The fraction of sp³-hybridized carbons (Fsp3) is 0.250. The van der Waals surface area contributed by atoms with Crippen LogP contribution in [0.2, 0.25) is 5.02 Å². The summed E-state index contributed by atoms with van der Waals surface area (Å²) in [4.78, 5) is 31.9. The summed E-state index contributed by atoms with van der Waals surface area (Å²) in [5.41, 5.74) is 1.17. The van der Waals surface area contributed by atoms with Gasteiger partial charge < -0.3 is 14.5 Å². The molecule has 0 spiro atoms. The number of benzene rings is 2. The van der Waals surface area contributed by atoms with Gasteiger partial charge in [-0.3, -0.25) is 9.59 Å². The minimum absolute atomic E-state index is 0.238. The summed E-state index contributed by atoms with van der Waals surface area (Å²) in [5.74, 6) is 0.207. The van der Waals surface area contributed by atoms with Gasteiger partial charge in [-0.1, -0.05) is 23.7 Å². The predicted molar refractivity (Wildman–Crippen MR) is 101 cm³/mol. The van der Waals surface area contributed by atoms with E-state index in [1.54, 1.807) is 49.4 Å². The summed E-state index contributed by atoms with van der Waals surface area (Å²) in [6, 6.07) is 12.4. The Hall–Kier alpha value is -2.86. The molecule has 138 valence electrons. The van der Waals surface area contributed by atoms with E-state index in [-0.39, 0.29) is 12.2 Å². The van der Waals surface area contributed by atoms with Crippen LogP contribution >= 0.6 is 11.6 Å². The number of aromatic amines is 1. The highest BCUT2D eigenvalue weighted by atomic mass is 35.5. The minimum Gasteiger partial charge on any atom is -0.492 e. The fourth-order valence-electron chi connectivity index (χ4n) is 3.14. The van der Waals surface area contributed by atoms with Crippen LogP contribution in [0.4, 0.5) is 0 Å². The number of hydrogen-bond donors (Lipinski definition) is 1. The first-order valence-corrected chi connectivity index (χ1v) is 9.00. The van der Waals surface area contributed by atoms with Gasteiger partial charge in [0.1, 0.15) is 12.4 Å². The van der Waals surface area contributed by atoms with Crippen LogP contribution in [0.25, 0.3) is 10.9 Å². The number of rotatable bonds is 3. The van der Waals surface area contributed by atoms with Gasteiger partial charge >= 0.3 is 5.97 Å². The Morgan fingerprint density at radius 3 is 3.00 bits per heavy atom. The van der Waals surface area contributed by atoms with Crippen molar-refractivity contribution < 1.29 is 14.3 Å². The smallest absolute Gasteiger partial charge is 0.313 e. The Balaban J connectivity index is 1.51. The quantitative estimate of drug-likeness (QED) is 0.699. The van der Waals surface area contributed by atoms with Gasteiger partial charge in [-0.25, -0.2) is 4.98 Å². The van der Waals surface area contributed by atoms with E-state index in [4.69, 9.17) is 21.1 Å². The van der Waals surface area contributed by atoms with Crippen LogP contribution in [0.5, 0.6) is 5.75 Å². The number of aromatic nitrogens is 2. The lowest BCUT2D eigenvalue weighted by molar-refractivity contribution is -0.155. The lowest BCUT2D eigenvalue weighted by Gasteiger charge is -2.25. The molecule has 0 saturated carbocycles. The van der Waals surface area contributed by atoms with Gasteiger partial charge in [0, 0.05) is 5.02 Å². The summed E-state index contributed by atoms with van der Waals surface area (Å²) in [6.45, 7) is 1.92. The molecule has 1 N–H and O–H groups in total. The van der Waals surface area contributed by atoms with E-state index in [0.29, 0.717) is 28.2 Å². The molecule has 2 heterocycles. The standard InChI is InChI=1S/C20H17ClN2O4/c1-11(18-22-16-5-3-2-4-15(16)19(24)23-18)27-20(25)13-8-12-9-14(21)6-7-17(12)26-10-13/h2-7,9,11,13H,8,10H2,1H3,(H,22,23,24)/t11-,13+/m1/s1. The SMILES string of the molecule is C[C@@H](OC(=O)[C@@H]1COc2ccc(Cl)cc2C1)c1nc2ccccc2c(=O)[nH]1. The highest BCUT2D eigenvalue weighted by Gasteiger charge is 2.29. The van der Waals surface area contributed by atoms with E-state index in [0.717, 1.165) is 11.3 Å². The second-order valence-electron chi connectivity index (χ2n) is 6.51. The molecule has 4 rings (SSSR count). The molecule has 2 atom stereocenters. The number of halogens is 1. The van der Waals surface area contributed by atoms with Crippen LogP contribution in [0.1, 0.15) is 24.4 Å². The van der Waals surface area contributed by atoms with Crippen molar-refractivity contribution in [2.45, 2.75) is 19.4 Å². The Kier molecular flexibility index (Phi) is 4.58. The lowest BCUT2D eigenvalue weighted by atomic mass is 9.97. The van der Waals surface area contributed by atoms with Gasteiger partial charge in [0.25, 0.3) is 5.56 Å². The molecule has 2 aromatic carbocycles. The van der Waals surface area contributed by atoms with Crippen molar-refractivity contribution in [3.8, 4) is 5.75 Å². The molecule has 7 heteroatoms. The summed E-state index contributed by atoms with van der Waals surface area (Å²) in [5, 5.41) is 1.09. The molecule has 0 unspecified atom stereocenters. The number of hydrogen-bond acceptors (Lipinski definition) is 5. The maximum Gasteiger partial charge on any atom is 0.313 e. The van der Waals surface area contributed by atoms with Crippen LogP contribution in [-0.4, -0.2) is 22.5 Å². The molecule has 0 amide bonds. The number of fused-ring (bicyclic) bond motifs is 2. The first-order chi connectivity index (χ1) is 13.0. The Morgan fingerprint density at radius 2 is 2.15 bits per heavy atom. The largest absolute Gasteiger partial charge is 0.492 e. The molecule has 1 aliphatic rings. The van der Waals surface area contributed by atoms with E-state index in [1.807, 2.05) is 0 Å². The van der Waals surface area contributed by atoms with E-state index in [1.165, 1.54) is 0 Å². The zero-order chi connectivity index (χ0) is 19.0. The third-order valence-corrected chi connectivity index (χ3v) is 4.81. The zero-order valence-electron chi connectivity index (χ0n) is 14.6. The van der Waals surface area contributed by atoms with Crippen LogP contribution < -0.4 is 10.3 Å². The summed E-state index contributed by atoms with van der Waals surface area (Å²) in [7, 11) is 0. The third kappa shape index (κ3) is 3.53. The highest BCUT2D eigenvalue weighted by molar-refractivity contribution is 6.30. The zero-order valence-corrected chi connectivity index (χ0v) is 15.3. The van der Waals surface area contributed by atoms with Crippen molar-refractivity contribution in [2.75, 3.05) is 6.61 Å². The van der Waals surface area contributed by atoms with E-state index >= 15 is 0 Å². The van der Waals surface area contributed by atoms with Crippen LogP contribution in [0, 0.1) is 5.92 Å². The maximum absolute atomic E-state index is 12.6. The molecule has 1 aromatic heterocycles. The van der Waals surface area contributed by atoms with Gasteiger partial charge in [0.15, 0.2) is 11.9 Å². The second-order valence-corrected chi connectivity index (χ2v) is 6.95. The van der Waals surface area contributed by atoms with Crippen LogP contribution in [0.15, 0.2) is 47.3 Å². The first kappa shape index (κ1) is 17.5. The van der Waals surface area contributed by atoms with Gasteiger partial charge in [0.05, 0.1) is 16.8 Å². The van der Waals surface area contributed by atoms with E-state index in [2.05, 4.69) is 9.97 Å². The van der Waals surface area contributed by atoms with Gasteiger partial charge in [0.2, 0.25) is 0 Å². The van der Waals surface area contributed by atoms with Crippen molar-refractivity contribution in [1.82, 2.24) is 9.97 Å². The molecule has 0 fully saturated rings. The van der Waals surface area contributed by atoms with Crippen LogP contribution in [0.3, 0.4) is 0 Å². The molecule has 0 aliphatic carbocycles. The van der Waals surface area contributed by atoms with E-state index in [9.17, 15) is 9.59 Å². The monoisotopic (exact) mass is 384 g/mol. The lowest BCUT2D eigenvalue weighted by Crippen LogP contribution is -2.30. The van der Waals surface area contributed by atoms with Crippen molar-refractivity contribution >= 4 is 28.5 Å². The number of para-hydroxylation sites is 1. The Labute approximate surface area is 160 Å². The number of carbonyl (C=O) groups excluding carboxylic acids is 1. The Bertz CT molecular complexity index is 1080. The van der Waals surface area contributed by atoms with Gasteiger partial charge in [-0.15, -0.1) is 0 Å². The van der Waals surface area contributed by atoms with Crippen molar-refractivity contribution in [1.29, 1.82) is 0 Å². The molecular formula is C20H17ClN2O4. The number of esters is 1. The normalized spacial score (nSPS) is 17.0. The number of nitrogens with zero attached hydrogens (tertiary/aromatic N) is 1. The predicted octanol–water partition coefficient (Wildman–Crippen LogP) is 3.43. The number of H-pyrrole nitrogens is 1. The van der Waals surface area contributed by atoms with Crippen molar-refractivity contribution in [3.05, 3.63) is 69.2 Å². The second kappa shape index (κ2) is 7.04. The molecule has 0 saturated heterocycles. The molecule has 0 radical (unpaired) electrons.